The maximum absolute atomic E-state index is 13.6. The van der Waals surface area contributed by atoms with Gasteiger partial charge >= 0.3 is 0 Å². The molecule has 1 fully saturated rings. The van der Waals surface area contributed by atoms with Crippen LogP contribution in [0.5, 0.6) is 0 Å². The van der Waals surface area contributed by atoms with Crippen molar-refractivity contribution >= 4 is 0 Å². The van der Waals surface area contributed by atoms with Crippen molar-refractivity contribution in [1.82, 2.24) is 5.32 Å². The molecule has 0 bridgehead atoms. The van der Waals surface area contributed by atoms with E-state index in [9.17, 15) is 4.39 Å². The fourth-order valence-corrected chi connectivity index (χ4v) is 2.06. The van der Waals surface area contributed by atoms with E-state index in [4.69, 9.17) is 9.47 Å². The molecule has 2 atom stereocenters. The van der Waals surface area contributed by atoms with Crippen molar-refractivity contribution in [1.29, 1.82) is 0 Å². The monoisotopic (exact) mass is 239 g/mol. The van der Waals surface area contributed by atoms with Gasteiger partial charge in [-0.3, -0.25) is 0 Å². The van der Waals surface area contributed by atoms with Gasteiger partial charge in [-0.15, -0.1) is 0 Å². The van der Waals surface area contributed by atoms with Crippen LogP contribution in [0.25, 0.3) is 0 Å². The van der Waals surface area contributed by atoms with Crippen LogP contribution in [0.15, 0.2) is 24.3 Å². The van der Waals surface area contributed by atoms with Crippen LogP contribution >= 0.6 is 0 Å². The van der Waals surface area contributed by atoms with Crippen molar-refractivity contribution in [2.75, 3.05) is 26.9 Å². The average Bonchev–Trinajstić information content (AvgIpc) is 2.39. The molecule has 0 aliphatic carbocycles. The fraction of sp³-hybridized carbons (Fsp3) is 0.538. The van der Waals surface area contributed by atoms with Crippen LogP contribution in [0.4, 0.5) is 4.39 Å². The Morgan fingerprint density at radius 3 is 2.88 bits per heavy atom. The maximum Gasteiger partial charge on any atom is 0.126 e. The second-order valence-electron chi connectivity index (χ2n) is 4.17. The third-order valence-corrected chi connectivity index (χ3v) is 3.06. The Balaban J connectivity index is 2.01. The van der Waals surface area contributed by atoms with Crippen LogP contribution < -0.4 is 5.32 Å². The molecule has 1 aliphatic heterocycles. The van der Waals surface area contributed by atoms with Crippen molar-refractivity contribution in [2.45, 2.75) is 18.6 Å². The Hall–Kier alpha value is -0.970. The highest BCUT2D eigenvalue weighted by molar-refractivity contribution is 5.18. The minimum atomic E-state index is -0.163. The first-order valence-electron chi connectivity index (χ1n) is 5.91. The van der Waals surface area contributed by atoms with Crippen LogP contribution in [-0.4, -0.2) is 39.0 Å². The molecular weight excluding hydrogens is 221 g/mol. The highest BCUT2D eigenvalue weighted by Gasteiger charge is 2.24. The summed E-state index contributed by atoms with van der Waals surface area (Å²) in [6.45, 7) is 1.83. The van der Waals surface area contributed by atoms with Gasteiger partial charge in [0, 0.05) is 6.04 Å². The molecule has 0 radical (unpaired) electrons. The van der Waals surface area contributed by atoms with Gasteiger partial charge in [0.1, 0.15) is 5.82 Å². The number of likely N-dealkylation sites (N-methyl/N-ethyl adjacent to an activating group) is 1. The molecule has 1 heterocycles. The number of benzene rings is 1. The van der Waals surface area contributed by atoms with Crippen molar-refractivity contribution in [3.05, 3.63) is 35.6 Å². The van der Waals surface area contributed by atoms with Gasteiger partial charge in [0.15, 0.2) is 0 Å². The first-order valence-corrected chi connectivity index (χ1v) is 5.91. The number of nitrogens with one attached hydrogen (secondary N) is 1. The summed E-state index contributed by atoms with van der Waals surface area (Å²) in [6.07, 6.45) is 0.602. The highest BCUT2D eigenvalue weighted by atomic mass is 19.1. The Labute approximate surface area is 101 Å². The van der Waals surface area contributed by atoms with Crippen LogP contribution in [0, 0.1) is 5.82 Å². The van der Waals surface area contributed by atoms with Gasteiger partial charge in [-0.05, 0) is 25.1 Å². The van der Waals surface area contributed by atoms with Gasteiger partial charge in [0.05, 0.1) is 25.9 Å². The Bertz CT molecular complexity index is 353. The minimum Gasteiger partial charge on any atom is -0.376 e. The molecule has 1 aromatic carbocycles. The van der Waals surface area contributed by atoms with Crippen molar-refractivity contribution < 1.29 is 13.9 Å². The number of hydrogen-bond donors (Lipinski definition) is 1. The van der Waals surface area contributed by atoms with Crippen LogP contribution in [-0.2, 0) is 15.9 Å². The third kappa shape index (κ3) is 3.25. The molecule has 3 nitrogen and oxygen atoms in total. The average molecular weight is 239 g/mol. The van der Waals surface area contributed by atoms with Crippen LogP contribution in [0.1, 0.15) is 5.56 Å². The smallest absolute Gasteiger partial charge is 0.126 e. The molecule has 17 heavy (non-hydrogen) atoms. The first-order chi connectivity index (χ1) is 8.31. The summed E-state index contributed by atoms with van der Waals surface area (Å²) in [4.78, 5) is 0. The zero-order chi connectivity index (χ0) is 12.1. The van der Waals surface area contributed by atoms with E-state index in [1.54, 1.807) is 6.07 Å². The third-order valence-electron chi connectivity index (χ3n) is 3.06. The molecule has 1 N–H and O–H groups in total. The molecule has 0 spiro atoms. The largest absolute Gasteiger partial charge is 0.376 e. The summed E-state index contributed by atoms with van der Waals surface area (Å²) in [7, 11) is 1.86. The highest BCUT2D eigenvalue weighted by Crippen LogP contribution is 2.14. The summed E-state index contributed by atoms with van der Waals surface area (Å²) >= 11 is 0. The van der Waals surface area contributed by atoms with Gasteiger partial charge in [0.2, 0.25) is 0 Å². The van der Waals surface area contributed by atoms with E-state index in [-0.39, 0.29) is 18.0 Å². The quantitative estimate of drug-likeness (QED) is 0.861. The van der Waals surface area contributed by atoms with E-state index in [0.717, 1.165) is 0 Å². The van der Waals surface area contributed by atoms with E-state index in [0.29, 0.717) is 31.8 Å². The lowest BCUT2D eigenvalue weighted by Gasteiger charge is -2.30. The maximum atomic E-state index is 13.6. The lowest BCUT2D eigenvalue weighted by atomic mass is 10.0. The van der Waals surface area contributed by atoms with E-state index in [1.807, 2.05) is 19.2 Å². The number of rotatable bonds is 4. The molecule has 4 heteroatoms. The summed E-state index contributed by atoms with van der Waals surface area (Å²) in [5.74, 6) is -0.163. The van der Waals surface area contributed by atoms with Crippen molar-refractivity contribution in [3.8, 4) is 0 Å². The van der Waals surface area contributed by atoms with Crippen LogP contribution in [0.3, 0.4) is 0 Å². The minimum absolute atomic E-state index is 0.00615. The first kappa shape index (κ1) is 12.5. The van der Waals surface area contributed by atoms with E-state index in [1.165, 1.54) is 6.07 Å². The van der Waals surface area contributed by atoms with Crippen molar-refractivity contribution in [3.63, 3.8) is 0 Å². The van der Waals surface area contributed by atoms with Crippen molar-refractivity contribution in [2.24, 2.45) is 0 Å². The van der Waals surface area contributed by atoms with E-state index >= 15 is 0 Å². The zero-order valence-electron chi connectivity index (χ0n) is 9.99. The number of hydrogen-bond acceptors (Lipinski definition) is 3. The van der Waals surface area contributed by atoms with Crippen LogP contribution in [0.2, 0.25) is 0 Å². The molecular formula is C13H18FNO2. The Morgan fingerprint density at radius 1 is 1.41 bits per heavy atom. The van der Waals surface area contributed by atoms with Gasteiger partial charge in [-0.1, -0.05) is 18.2 Å². The lowest BCUT2D eigenvalue weighted by molar-refractivity contribution is -0.100. The topological polar surface area (TPSA) is 30.5 Å². The predicted molar refractivity (Wildman–Crippen MR) is 63.5 cm³/mol. The van der Waals surface area contributed by atoms with E-state index in [2.05, 4.69) is 5.32 Å². The Morgan fingerprint density at radius 2 is 2.24 bits per heavy atom. The van der Waals surface area contributed by atoms with Gasteiger partial charge in [-0.25, -0.2) is 4.39 Å². The molecule has 2 unspecified atom stereocenters. The second-order valence-corrected chi connectivity index (χ2v) is 4.17. The second kappa shape index (κ2) is 6.10. The summed E-state index contributed by atoms with van der Waals surface area (Å²) in [5.41, 5.74) is 0.709. The molecule has 94 valence electrons. The molecule has 0 aromatic heterocycles. The predicted octanol–water partition coefficient (Wildman–Crippen LogP) is 1.37. The van der Waals surface area contributed by atoms with Gasteiger partial charge in [-0.2, -0.15) is 0 Å². The molecule has 1 aromatic rings. The summed E-state index contributed by atoms with van der Waals surface area (Å²) in [6, 6.07) is 6.92. The summed E-state index contributed by atoms with van der Waals surface area (Å²) in [5, 5.41) is 3.18. The lowest BCUT2D eigenvalue weighted by Crippen LogP contribution is -2.46. The SMILES string of the molecule is CNC(Cc1ccccc1F)C1COCCO1. The molecule has 2 rings (SSSR count). The fourth-order valence-electron chi connectivity index (χ4n) is 2.06. The normalized spacial score (nSPS) is 22.4. The number of ether oxygens (including phenoxy) is 2. The number of halogens is 1. The van der Waals surface area contributed by atoms with E-state index < -0.39 is 0 Å². The van der Waals surface area contributed by atoms with Gasteiger partial charge < -0.3 is 14.8 Å². The zero-order valence-corrected chi connectivity index (χ0v) is 9.99. The molecule has 0 saturated carbocycles. The molecule has 1 aliphatic rings. The van der Waals surface area contributed by atoms with Gasteiger partial charge in [0.25, 0.3) is 0 Å². The molecule has 1 saturated heterocycles. The Kier molecular flexibility index (Phi) is 4.48. The summed E-state index contributed by atoms with van der Waals surface area (Å²) < 4.78 is 24.6. The standard InChI is InChI=1S/C13H18FNO2/c1-15-12(13-9-16-6-7-17-13)8-10-4-2-3-5-11(10)14/h2-5,12-13,15H,6-9H2,1H3. The molecule has 0 amide bonds.